The molecule has 0 aliphatic carbocycles. The van der Waals surface area contributed by atoms with Crippen molar-refractivity contribution in [3.05, 3.63) is 59.7 Å². The fourth-order valence-electron chi connectivity index (χ4n) is 2.68. The van der Waals surface area contributed by atoms with Crippen LogP contribution in [0.1, 0.15) is 18.1 Å². The van der Waals surface area contributed by atoms with Crippen molar-refractivity contribution in [3.63, 3.8) is 0 Å². The number of hydrogen-bond acceptors (Lipinski definition) is 6. The largest absolute Gasteiger partial charge is 0.497 e. The number of nitrogens with one attached hydrogen (secondary N) is 1. The lowest BCUT2D eigenvalue weighted by Crippen LogP contribution is -2.32. The third kappa shape index (κ3) is 4.89. The average molecular weight is 398 g/mol. The maximum Gasteiger partial charge on any atom is 0.233 e. The van der Waals surface area contributed by atoms with Crippen LogP contribution >= 0.6 is 11.8 Å². The molecule has 1 aromatic heterocycles. The fourth-order valence-corrected chi connectivity index (χ4v) is 3.51. The van der Waals surface area contributed by atoms with Crippen molar-refractivity contribution in [1.29, 1.82) is 0 Å². The first-order chi connectivity index (χ1) is 13.6. The number of amides is 1. The molecular formula is C20H23N5O2S. The number of carbonyl (C=O) groups is 1. The number of rotatable bonds is 8. The predicted octanol–water partition coefficient (Wildman–Crippen LogP) is 2.82. The Morgan fingerprint density at radius 1 is 1.21 bits per heavy atom. The molecule has 0 aliphatic heterocycles. The van der Waals surface area contributed by atoms with E-state index in [0.717, 1.165) is 29.0 Å². The molecule has 1 atom stereocenters. The van der Waals surface area contributed by atoms with E-state index >= 15 is 0 Å². The molecule has 1 N–H and O–H groups in total. The van der Waals surface area contributed by atoms with E-state index in [1.807, 2.05) is 62.4 Å². The highest BCUT2D eigenvalue weighted by Gasteiger charge is 2.19. The Hall–Kier alpha value is -2.87. The first-order valence-electron chi connectivity index (χ1n) is 9.00. The normalized spacial score (nSPS) is 11.8. The van der Waals surface area contributed by atoms with Crippen LogP contribution in [-0.2, 0) is 11.2 Å². The first kappa shape index (κ1) is 19.9. The highest BCUT2D eigenvalue weighted by atomic mass is 32.2. The van der Waals surface area contributed by atoms with Gasteiger partial charge in [-0.25, -0.2) is 0 Å². The van der Waals surface area contributed by atoms with Crippen molar-refractivity contribution in [3.8, 4) is 11.4 Å². The molecule has 8 heteroatoms. The minimum atomic E-state index is -0.315. The summed E-state index contributed by atoms with van der Waals surface area (Å²) in [5.74, 6) is 0.780. The fraction of sp³-hybridized carbons (Fsp3) is 0.300. The van der Waals surface area contributed by atoms with E-state index in [2.05, 4.69) is 20.8 Å². The molecule has 0 fully saturated rings. The summed E-state index contributed by atoms with van der Waals surface area (Å²) in [6.45, 7) is 4.42. The molecule has 146 valence electrons. The van der Waals surface area contributed by atoms with Gasteiger partial charge in [-0.2, -0.15) is 4.68 Å². The third-order valence-electron chi connectivity index (χ3n) is 4.31. The zero-order valence-corrected chi connectivity index (χ0v) is 16.9. The maximum atomic E-state index is 12.4. The smallest absolute Gasteiger partial charge is 0.233 e. The van der Waals surface area contributed by atoms with E-state index in [1.54, 1.807) is 11.8 Å². The maximum absolute atomic E-state index is 12.4. The van der Waals surface area contributed by atoms with Crippen molar-refractivity contribution in [2.24, 2.45) is 0 Å². The van der Waals surface area contributed by atoms with Gasteiger partial charge in [0, 0.05) is 6.54 Å². The Balaban J connectivity index is 1.55. The molecule has 7 nitrogen and oxygen atoms in total. The number of tetrazole rings is 1. The van der Waals surface area contributed by atoms with Crippen LogP contribution in [0.5, 0.6) is 5.75 Å². The number of carbonyl (C=O) groups excluding carboxylic acids is 1. The summed E-state index contributed by atoms with van der Waals surface area (Å²) in [5.41, 5.74) is 3.11. The molecule has 0 bridgehead atoms. The molecule has 3 rings (SSSR count). The van der Waals surface area contributed by atoms with Gasteiger partial charge in [0.15, 0.2) is 0 Å². The van der Waals surface area contributed by atoms with E-state index in [-0.39, 0.29) is 11.2 Å². The lowest BCUT2D eigenvalue weighted by Gasteiger charge is -2.12. The van der Waals surface area contributed by atoms with Crippen LogP contribution in [0, 0.1) is 6.92 Å². The van der Waals surface area contributed by atoms with Gasteiger partial charge in [-0.1, -0.05) is 42.1 Å². The Morgan fingerprint density at radius 3 is 2.68 bits per heavy atom. The van der Waals surface area contributed by atoms with E-state index in [1.165, 1.54) is 11.8 Å². The van der Waals surface area contributed by atoms with E-state index < -0.39 is 0 Å². The van der Waals surface area contributed by atoms with Crippen LogP contribution < -0.4 is 10.1 Å². The zero-order chi connectivity index (χ0) is 19.9. The molecule has 0 saturated carbocycles. The summed E-state index contributed by atoms with van der Waals surface area (Å²) in [6, 6.07) is 15.7. The molecule has 0 saturated heterocycles. The second-order valence-electron chi connectivity index (χ2n) is 6.31. The number of thioether (sulfide) groups is 1. The van der Waals surface area contributed by atoms with Crippen molar-refractivity contribution in [1.82, 2.24) is 25.5 Å². The summed E-state index contributed by atoms with van der Waals surface area (Å²) < 4.78 is 6.82. The quantitative estimate of drug-likeness (QED) is 0.589. The van der Waals surface area contributed by atoms with Crippen LogP contribution in [0.15, 0.2) is 53.7 Å². The Kier molecular flexibility index (Phi) is 6.65. The van der Waals surface area contributed by atoms with E-state index in [0.29, 0.717) is 11.7 Å². The molecule has 0 radical (unpaired) electrons. The van der Waals surface area contributed by atoms with Gasteiger partial charge in [-0.3, -0.25) is 4.79 Å². The monoisotopic (exact) mass is 397 g/mol. The topological polar surface area (TPSA) is 81.9 Å². The number of benzene rings is 2. The van der Waals surface area contributed by atoms with Crippen LogP contribution in [0.25, 0.3) is 5.69 Å². The van der Waals surface area contributed by atoms with E-state index in [9.17, 15) is 4.79 Å². The molecule has 1 amide bonds. The molecule has 0 spiro atoms. The zero-order valence-electron chi connectivity index (χ0n) is 16.1. The summed E-state index contributed by atoms with van der Waals surface area (Å²) in [6.07, 6.45) is 0.758. The molecule has 1 heterocycles. The molecule has 0 aliphatic rings. The van der Waals surface area contributed by atoms with Gasteiger partial charge >= 0.3 is 0 Å². The highest BCUT2D eigenvalue weighted by Crippen LogP contribution is 2.24. The molecule has 28 heavy (non-hydrogen) atoms. The van der Waals surface area contributed by atoms with Crippen molar-refractivity contribution < 1.29 is 9.53 Å². The summed E-state index contributed by atoms with van der Waals surface area (Å²) in [5, 5.41) is 15.2. The van der Waals surface area contributed by atoms with Gasteiger partial charge in [0.2, 0.25) is 11.1 Å². The molecule has 3 aromatic rings. The number of ether oxygens (including phenoxy) is 1. The standard InChI is InChI=1S/C20H23N5O2S/c1-14-6-4-5-7-18(14)25-20(22-23-24-25)28-15(2)19(26)21-13-12-16-8-10-17(27-3)11-9-16/h4-11,15H,12-13H2,1-3H3,(H,21,26)/t15-/m0/s1. The van der Waals surface area contributed by atoms with Crippen LogP contribution in [0.4, 0.5) is 0 Å². The SMILES string of the molecule is COc1ccc(CCNC(=O)[C@H](C)Sc2nnnn2-c2ccccc2C)cc1. The van der Waals surface area contributed by atoms with Gasteiger partial charge in [0.05, 0.1) is 18.0 Å². The summed E-state index contributed by atoms with van der Waals surface area (Å²) >= 11 is 1.34. The van der Waals surface area contributed by atoms with Gasteiger partial charge < -0.3 is 10.1 Å². The molecule has 2 aromatic carbocycles. The van der Waals surface area contributed by atoms with E-state index in [4.69, 9.17) is 4.74 Å². The number of hydrogen-bond donors (Lipinski definition) is 1. The second-order valence-corrected chi connectivity index (χ2v) is 7.62. The van der Waals surface area contributed by atoms with Crippen LogP contribution in [0.2, 0.25) is 0 Å². The third-order valence-corrected chi connectivity index (χ3v) is 5.34. The minimum Gasteiger partial charge on any atom is -0.497 e. The van der Waals surface area contributed by atoms with Crippen molar-refractivity contribution >= 4 is 17.7 Å². The first-order valence-corrected chi connectivity index (χ1v) is 9.88. The van der Waals surface area contributed by atoms with Crippen molar-refractivity contribution in [2.75, 3.05) is 13.7 Å². The second kappa shape index (κ2) is 9.36. The van der Waals surface area contributed by atoms with Crippen LogP contribution in [0.3, 0.4) is 0 Å². The van der Waals surface area contributed by atoms with Crippen molar-refractivity contribution in [2.45, 2.75) is 30.7 Å². The lowest BCUT2D eigenvalue weighted by atomic mass is 10.1. The van der Waals surface area contributed by atoms with Gasteiger partial charge in [0.1, 0.15) is 5.75 Å². The minimum absolute atomic E-state index is 0.0437. The summed E-state index contributed by atoms with van der Waals surface area (Å²) in [4.78, 5) is 12.4. The van der Waals surface area contributed by atoms with Gasteiger partial charge in [-0.05, 0) is 60.0 Å². The highest BCUT2D eigenvalue weighted by molar-refractivity contribution is 8.00. The average Bonchev–Trinajstić information content (AvgIpc) is 3.16. The number of para-hydroxylation sites is 1. The van der Waals surface area contributed by atoms with Gasteiger partial charge in [-0.15, -0.1) is 5.10 Å². The Morgan fingerprint density at radius 2 is 1.96 bits per heavy atom. The van der Waals surface area contributed by atoms with Gasteiger partial charge in [0.25, 0.3) is 0 Å². The van der Waals surface area contributed by atoms with Crippen LogP contribution in [-0.4, -0.2) is 45.0 Å². The lowest BCUT2D eigenvalue weighted by molar-refractivity contribution is -0.120. The summed E-state index contributed by atoms with van der Waals surface area (Å²) in [7, 11) is 1.64. The molecular weight excluding hydrogens is 374 g/mol. The number of methoxy groups -OCH3 is 1. The Bertz CT molecular complexity index is 926. The molecule has 0 unspecified atom stereocenters. The number of aromatic nitrogens is 4. The number of aryl methyl sites for hydroxylation is 1. The number of nitrogens with zero attached hydrogens (tertiary/aromatic N) is 4. The predicted molar refractivity (Wildman–Crippen MR) is 109 cm³/mol. The Labute approximate surface area is 168 Å².